The van der Waals surface area contributed by atoms with E-state index in [4.69, 9.17) is 4.55 Å². The molecule has 2 aromatic carbocycles. The molecule has 0 spiro atoms. The van der Waals surface area contributed by atoms with Gasteiger partial charge in [-0.25, -0.2) is 0 Å². The summed E-state index contributed by atoms with van der Waals surface area (Å²) in [5.74, 6) is -0.0850. The van der Waals surface area contributed by atoms with E-state index in [1.54, 1.807) is 31.2 Å². The van der Waals surface area contributed by atoms with Crippen LogP contribution < -0.4 is 0 Å². The molecule has 5 heteroatoms. The molecule has 0 atom stereocenters. The fraction of sp³-hybridized carbons (Fsp3) is 0.167. The Labute approximate surface area is 99.3 Å². The number of fused-ring (bicyclic) bond motifs is 1. The number of phenolic OH excluding ortho intramolecular Hbond substituents is 1. The zero-order chi connectivity index (χ0) is 12.6. The predicted octanol–water partition coefficient (Wildman–Crippen LogP) is 2.35. The maximum Gasteiger partial charge on any atom is 0.294 e. The second-order valence-electron chi connectivity index (χ2n) is 3.75. The molecule has 2 N–H and O–H groups in total. The molecule has 0 unspecified atom stereocenters. The number of benzene rings is 2. The Morgan fingerprint density at radius 1 is 1.24 bits per heavy atom. The van der Waals surface area contributed by atoms with Gasteiger partial charge in [0.05, 0.1) is 0 Å². The molecule has 2 rings (SSSR count). The van der Waals surface area contributed by atoms with Gasteiger partial charge in [0.25, 0.3) is 10.1 Å². The van der Waals surface area contributed by atoms with E-state index in [2.05, 4.69) is 0 Å². The second kappa shape index (κ2) is 4.01. The number of hydrogen-bond donors (Lipinski definition) is 2. The number of hydrogen-bond acceptors (Lipinski definition) is 3. The molecule has 0 aromatic heterocycles. The van der Waals surface area contributed by atoms with Gasteiger partial charge in [0.15, 0.2) is 0 Å². The third kappa shape index (κ3) is 1.99. The van der Waals surface area contributed by atoms with Crippen molar-refractivity contribution in [2.24, 2.45) is 0 Å². The molecule has 0 aliphatic rings. The van der Waals surface area contributed by atoms with Crippen LogP contribution in [-0.2, 0) is 16.5 Å². The quantitative estimate of drug-likeness (QED) is 0.804. The van der Waals surface area contributed by atoms with E-state index in [9.17, 15) is 13.5 Å². The Hall–Kier alpha value is -1.59. The fourth-order valence-electron chi connectivity index (χ4n) is 1.92. The molecular weight excluding hydrogens is 240 g/mol. The molecule has 0 saturated heterocycles. The highest BCUT2D eigenvalue weighted by atomic mass is 32.2. The van der Waals surface area contributed by atoms with Gasteiger partial charge in [0, 0.05) is 10.9 Å². The lowest BCUT2D eigenvalue weighted by Gasteiger charge is -2.10. The summed E-state index contributed by atoms with van der Waals surface area (Å²) in [7, 11) is -4.32. The molecule has 0 saturated carbocycles. The normalized spacial score (nSPS) is 11.9. The van der Waals surface area contributed by atoms with Gasteiger partial charge in [-0.15, -0.1) is 0 Å². The molecule has 2 aromatic rings. The number of aromatic hydroxyl groups is 1. The van der Waals surface area contributed by atoms with Gasteiger partial charge in [-0.1, -0.05) is 31.2 Å². The Bertz CT molecular complexity index is 674. The highest BCUT2D eigenvalue weighted by Crippen LogP contribution is 2.34. The summed E-state index contributed by atoms with van der Waals surface area (Å²) < 4.78 is 31.7. The van der Waals surface area contributed by atoms with Gasteiger partial charge in [0.2, 0.25) is 0 Å². The third-order valence-electron chi connectivity index (χ3n) is 2.72. The lowest BCUT2D eigenvalue weighted by molar-refractivity contribution is 0.464. The summed E-state index contributed by atoms with van der Waals surface area (Å²) in [6, 6.07) is 8.26. The van der Waals surface area contributed by atoms with Crippen molar-refractivity contribution in [2.75, 3.05) is 0 Å². The molecule has 0 amide bonds. The Balaban J connectivity index is 2.95. The SMILES string of the molecule is CCc1c(S(=O)(=O)O)cc2ccccc2c1O. The molecular formula is C12H12O4S. The van der Waals surface area contributed by atoms with Gasteiger partial charge in [-0.05, 0) is 17.9 Å². The van der Waals surface area contributed by atoms with Crippen LogP contribution in [0.3, 0.4) is 0 Å². The van der Waals surface area contributed by atoms with Gasteiger partial charge in [-0.2, -0.15) is 8.42 Å². The van der Waals surface area contributed by atoms with Crippen molar-refractivity contribution < 1.29 is 18.1 Å². The fourth-order valence-corrected chi connectivity index (χ4v) is 2.75. The maximum atomic E-state index is 11.3. The molecule has 4 nitrogen and oxygen atoms in total. The molecule has 0 fully saturated rings. The lowest BCUT2D eigenvalue weighted by atomic mass is 10.0. The summed E-state index contributed by atoms with van der Waals surface area (Å²) in [4.78, 5) is -0.226. The number of rotatable bonds is 2. The monoisotopic (exact) mass is 252 g/mol. The van der Waals surface area contributed by atoms with Crippen LogP contribution in [0.4, 0.5) is 0 Å². The zero-order valence-electron chi connectivity index (χ0n) is 9.21. The first-order valence-corrected chi connectivity index (χ1v) is 6.60. The molecule has 0 bridgehead atoms. The molecule has 0 radical (unpaired) electrons. The van der Waals surface area contributed by atoms with Crippen molar-refractivity contribution in [1.29, 1.82) is 0 Å². The Kier molecular flexibility index (Phi) is 2.81. The molecule has 0 heterocycles. The number of phenols is 1. The predicted molar refractivity (Wildman–Crippen MR) is 64.8 cm³/mol. The van der Waals surface area contributed by atoms with E-state index in [0.717, 1.165) is 0 Å². The van der Waals surface area contributed by atoms with E-state index in [-0.39, 0.29) is 16.2 Å². The van der Waals surface area contributed by atoms with E-state index in [0.29, 0.717) is 17.2 Å². The Morgan fingerprint density at radius 2 is 1.88 bits per heavy atom. The van der Waals surface area contributed by atoms with Gasteiger partial charge in [0.1, 0.15) is 10.6 Å². The minimum atomic E-state index is -4.32. The van der Waals surface area contributed by atoms with Crippen molar-refractivity contribution in [3.05, 3.63) is 35.9 Å². The van der Waals surface area contributed by atoms with Crippen molar-refractivity contribution in [3.8, 4) is 5.75 Å². The first kappa shape index (κ1) is 11.9. The van der Waals surface area contributed by atoms with Crippen LogP contribution >= 0.6 is 0 Å². The van der Waals surface area contributed by atoms with Crippen molar-refractivity contribution in [3.63, 3.8) is 0 Å². The Morgan fingerprint density at radius 3 is 2.47 bits per heavy atom. The molecule has 0 aliphatic heterocycles. The summed E-state index contributed by atoms with van der Waals surface area (Å²) in [6.45, 7) is 1.72. The van der Waals surface area contributed by atoms with E-state index in [1.165, 1.54) is 6.07 Å². The molecule has 0 aliphatic carbocycles. The summed E-state index contributed by atoms with van der Waals surface area (Å²) in [6.07, 6.45) is 0.325. The van der Waals surface area contributed by atoms with Crippen molar-refractivity contribution in [1.82, 2.24) is 0 Å². The summed E-state index contributed by atoms with van der Waals surface area (Å²) in [5.41, 5.74) is 0.242. The smallest absolute Gasteiger partial charge is 0.294 e. The van der Waals surface area contributed by atoms with Gasteiger partial charge >= 0.3 is 0 Å². The third-order valence-corrected chi connectivity index (χ3v) is 3.64. The first-order valence-electron chi connectivity index (χ1n) is 5.16. The van der Waals surface area contributed by atoms with E-state index < -0.39 is 10.1 Å². The average Bonchev–Trinajstić information content (AvgIpc) is 2.28. The van der Waals surface area contributed by atoms with Crippen LogP contribution in [0.15, 0.2) is 35.2 Å². The minimum Gasteiger partial charge on any atom is -0.507 e. The maximum absolute atomic E-state index is 11.3. The second-order valence-corrected chi connectivity index (χ2v) is 5.14. The lowest BCUT2D eigenvalue weighted by Crippen LogP contribution is -2.03. The average molecular weight is 252 g/mol. The summed E-state index contributed by atoms with van der Waals surface area (Å²) in [5, 5.41) is 11.2. The van der Waals surface area contributed by atoms with Crippen LogP contribution in [0, 0.1) is 0 Å². The largest absolute Gasteiger partial charge is 0.507 e. The first-order chi connectivity index (χ1) is 7.95. The topological polar surface area (TPSA) is 74.6 Å². The van der Waals surface area contributed by atoms with Gasteiger partial charge in [-0.3, -0.25) is 4.55 Å². The van der Waals surface area contributed by atoms with Crippen LogP contribution in [0.5, 0.6) is 5.75 Å². The van der Waals surface area contributed by atoms with Crippen molar-refractivity contribution in [2.45, 2.75) is 18.2 Å². The molecule has 90 valence electrons. The standard InChI is InChI=1S/C12H12O4S/c1-2-9-11(17(14,15)16)7-8-5-3-4-6-10(8)12(9)13/h3-7,13H,2H2,1H3,(H,14,15,16). The highest BCUT2D eigenvalue weighted by Gasteiger charge is 2.19. The van der Waals surface area contributed by atoms with Crippen LogP contribution in [0.1, 0.15) is 12.5 Å². The van der Waals surface area contributed by atoms with Crippen LogP contribution in [-0.4, -0.2) is 18.1 Å². The zero-order valence-corrected chi connectivity index (χ0v) is 10.0. The van der Waals surface area contributed by atoms with E-state index in [1.807, 2.05) is 0 Å². The van der Waals surface area contributed by atoms with Crippen LogP contribution in [0.25, 0.3) is 10.8 Å². The van der Waals surface area contributed by atoms with Crippen LogP contribution in [0.2, 0.25) is 0 Å². The summed E-state index contributed by atoms with van der Waals surface area (Å²) >= 11 is 0. The minimum absolute atomic E-state index is 0.0850. The van der Waals surface area contributed by atoms with Gasteiger partial charge < -0.3 is 5.11 Å². The van der Waals surface area contributed by atoms with Crippen molar-refractivity contribution >= 4 is 20.9 Å². The molecule has 17 heavy (non-hydrogen) atoms. The van der Waals surface area contributed by atoms with E-state index >= 15 is 0 Å². The highest BCUT2D eigenvalue weighted by molar-refractivity contribution is 7.85.